The lowest BCUT2D eigenvalue weighted by molar-refractivity contribution is -0.181. The number of methoxy groups -OCH3 is 1. The second kappa shape index (κ2) is 24.4. The molecule has 0 radical (unpaired) electrons. The van der Waals surface area contributed by atoms with Crippen molar-refractivity contribution >= 4 is 17.9 Å². The van der Waals surface area contributed by atoms with Crippen LogP contribution in [0.1, 0.15) is 151 Å². The lowest BCUT2D eigenvalue weighted by Crippen LogP contribution is -2.53. The van der Waals surface area contributed by atoms with Gasteiger partial charge in [0, 0.05) is 30.8 Å². The number of ether oxygens (including phenoxy) is 6. The normalized spacial score (nSPS) is 18.3. The van der Waals surface area contributed by atoms with Crippen LogP contribution >= 0.6 is 0 Å². The number of fused-ring (bicyclic) bond motifs is 3. The smallest absolute Gasteiger partial charge is 0.385 e. The molecule has 0 N–H and O–H groups in total. The van der Waals surface area contributed by atoms with Gasteiger partial charge in [0.05, 0.1) is 25.4 Å². The van der Waals surface area contributed by atoms with Crippen LogP contribution in [-0.4, -0.2) is 62.6 Å². The summed E-state index contributed by atoms with van der Waals surface area (Å²) in [4.78, 5) is 37.3. The molecule has 0 atom stereocenters. The van der Waals surface area contributed by atoms with Crippen molar-refractivity contribution in [2.75, 3.05) is 33.5 Å². The van der Waals surface area contributed by atoms with Gasteiger partial charge >= 0.3 is 17.9 Å². The zero-order chi connectivity index (χ0) is 39.9. The van der Waals surface area contributed by atoms with Crippen LogP contribution in [0.15, 0.2) is 60.7 Å². The Bertz CT molecular complexity index is 1540. The molecule has 56 heavy (non-hydrogen) atoms. The third-order valence-electron chi connectivity index (χ3n) is 10.9. The quantitative estimate of drug-likeness (QED) is 0.0304. The molecule has 9 nitrogen and oxygen atoms in total. The molecule has 9 heteroatoms. The zero-order valence-electron chi connectivity index (χ0n) is 34.0. The SMILES string of the molecule is C=C(C)C(=O)OCCCCCCCOc1ccc(C#CC(=O)OC23CCC(OC(=O)c4ccc(OCCCCCCCCCCCOC)cc4)(CC2)CC3)cc1. The summed E-state index contributed by atoms with van der Waals surface area (Å²) in [6.45, 7) is 7.82. The Labute approximate surface area is 335 Å². The molecule has 3 aliphatic rings. The Kier molecular flexibility index (Phi) is 19.3. The standard InChI is InChI=1S/C47H64O9/c1-38(2)44(49)54-37-17-13-9-12-16-35-52-41-23-18-39(19-24-41)20-27-43(48)55-46-28-31-47(32-29-46,33-30-46)56-45(50)40-21-25-42(26-22-40)53-36-15-11-8-6-4-5-7-10-14-34-51-3/h18-19,21-26H,1,4-17,28-37H2,2-3H3. The maximum Gasteiger partial charge on any atom is 0.385 e. The van der Waals surface area contributed by atoms with Crippen molar-refractivity contribution in [2.24, 2.45) is 0 Å². The first-order chi connectivity index (χ1) is 27.2. The Morgan fingerprint density at radius 1 is 0.589 bits per heavy atom. The van der Waals surface area contributed by atoms with Gasteiger partial charge in [-0.15, -0.1) is 0 Å². The number of rotatable bonds is 26. The minimum Gasteiger partial charge on any atom is -0.494 e. The van der Waals surface area contributed by atoms with Gasteiger partial charge in [-0.3, -0.25) is 0 Å². The minimum atomic E-state index is -0.557. The highest BCUT2D eigenvalue weighted by molar-refractivity contribution is 5.90. The molecule has 2 aromatic rings. The summed E-state index contributed by atoms with van der Waals surface area (Å²) in [5.41, 5.74) is 0.566. The summed E-state index contributed by atoms with van der Waals surface area (Å²) in [5.74, 6) is 5.91. The molecular weight excluding hydrogens is 709 g/mol. The number of carbonyl (C=O) groups is 3. The van der Waals surface area contributed by atoms with Crippen LogP contribution in [-0.2, 0) is 28.5 Å². The topological polar surface area (TPSA) is 107 Å². The molecule has 0 unspecified atom stereocenters. The second-order valence-electron chi connectivity index (χ2n) is 15.5. The molecule has 2 aromatic carbocycles. The van der Waals surface area contributed by atoms with Gasteiger partial charge < -0.3 is 28.4 Å². The van der Waals surface area contributed by atoms with E-state index in [0.29, 0.717) is 75.0 Å². The van der Waals surface area contributed by atoms with E-state index in [-0.39, 0.29) is 11.9 Å². The molecule has 0 amide bonds. The molecule has 306 valence electrons. The molecule has 0 aliphatic heterocycles. The highest BCUT2D eigenvalue weighted by Crippen LogP contribution is 2.51. The van der Waals surface area contributed by atoms with Gasteiger partial charge in [-0.1, -0.05) is 76.7 Å². The van der Waals surface area contributed by atoms with Gasteiger partial charge in [-0.2, -0.15) is 0 Å². The number of hydrogen-bond acceptors (Lipinski definition) is 9. The Balaban J connectivity index is 1.06. The molecule has 3 fully saturated rings. The molecule has 3 saturated carbocycles. The van der Waals surface area contributed by atoms with E-state index in [2.05, 4.69) is 18.4 Å². The van der Waals surface area contributed by atoms with Crippen LogP contribution in [0, 0.1) is 11.8 Å². The van der Waals surface area contributed by atoms with E-state index < -0.39 is 17.2 Å². The Hall–Kier alpha value is -4.29. The van der Waals surface area contributed by atoms with Gasteiger partial charge in [0.15, 0.2) is 0 Å². The number of unbranched alkanes of at least 4 members (excludes halogenated alkanes) is 12. The van der Waals surface area contributed by atoms with Gasteiger partial charge in [-0.05, 0) is 120 Å². The highest BCUT2D eigenvalue weighted by Gasteiger charge is 2.53. The summed E-state index contributed by atoms with van der Waals surface area (Å²) < 4.78 is 34.0. The first kappa shape index (κ1) is 44.4. The molecule has 0 aromatic heterocycles. The molecule has 3 aliphatic carbocycles. The Morgan fingerprint density at radius 3 is 1.50 bits per heavy atom. The monoisotopic (exact) mass is 772 g/mol. The summed E-state index contributed by atoms with van der Waals surface area (Å²) in [6, 6.07) is 14.6. The van der Waals surface area contributed by atoms with Gasteiger partial charge in [0.1, 0.15) is 22.7 Å². The van der Waals surface area contributed by atoms with E-state index in [1.54, 1.807) is 26.2 Å². The zero-order valence-corrected chi connectivity index (χ0v) is 34.0. The molecular formula is C47H64O9. The fourth-order valence-electron chi connectivity index (χ4n) is 7.33. The van der Waals surface area contributed by atoms with Crippen LogP contribution < -0.4 is 9.47 Å². The van der Waals surface area contributed by atoms with Crippen molar-refractivity contribution in [1.29, 1.82) is 0 Å². The third kappa shape index (κ3) is 16.1. The summed E-state index contributed by atoms with van der Waals surface area (Å²) in [5, 5.41) is 0. The van der Waals surface area contributed by atoms with E-state index in [1.807, 2.05) is 36.4 Å². The van der Waals surface area contributed by atoms with Crippen LogP contribution in [0.25, 0.3) is 0 Å². The van der Waals surface area contributed by atoms with Crippen molar-refractivity contribution < 1.29 is 42.8 Å². The van der Waals surface area contributed by atoms with Crippen molar-refractivity contribution in [2.45, 2.75) is 147 Å². The summed E-state index contributed by atoms with van der Waals surface area (Å²) in [7, 11) is 1.76. The Morgan fingerprint density at radius 2 is 1.02 bits per heavy atom. The molecule has 0 saturated heterocycles. The van der Waals surface area contributed by atoms with Crippen molar-refractivity contribution in [3.63, 3.8) is 0 Å². The van der Waals surface area contributed by atoms with E-state index in [9.17, 15) is 14.4 Å². The van der Waals surface area contributed by atoms with E-state index in [0.717, 1.165) is 63.1 Å². The number of esters is 3. The fourth-order valence-corrected chi connectivity index (χ4v) is 7.33. The summed E-state index contributed by atoms with van der Waals surface area (Å²) >= 11 is 0. The molecule has 0 spiro atoms. The average Bonchev–Trinajstić information content (AvgIpc) is 3.21. The second-order valence-corrected chi connectivity index (χ2v) is 15.5. The van der Waals surface area contributed by atoms with Crippen LogP contribution in [0.2, 0.25) is 0 Å². The predicted octanol–water partition coefficient (Wildman–Crippen LogP) is 10.3. The number of benzene rings is 2. The molecule has 5 rings (SSSR count). The van der Waals surface area contributed by atoms with E-state index >= 15 is 0 Å². The van der Waals surface area contributed by atoms with Gasteiger partial charge in [-0.25, -0.2) is 14.4 Å². The fraction of sp³-hybridized carbons (Fsp3) is 0.596. The van der Waals surface area contributed by atoms with Gasteiger partial charge in [0.2, 0.25) is 0 Å². The highest BCUT2D eigenvalue weighted by atomic mass is 16.6. The maximum absolute atomic E-state index is 13.1. The number of carbonyl (C=O) groups excluding carboxylic acids is 3. The lowest BCUT2D eigenvalue weighted by Gasteiger charge is -2.51. The molecule has 0 heterocycles. The minimum absolute atomic E-state index is 0.323. The molecule has 2 bridgehead atoms. The van der Waals surface area contributed by atoms with Crippen molar-refractivity contribution in [3.05, 3.63) is 71.8 Å². The first-order valence-electron chi connectivity index (χ1n) is 21.0. The van der Waals surface area contributed by atoms with E-state index in [4.69, 9.17) is 28.4 Å². The van der Waals surface area contributed by atoms with Crippen molar-refractivity contribution in [1.82, 2.24) is 0 Å². The van der Waals surface area contributed by atoms with Gasteiger partial charge in [0.25, 0.3) is 0 Å². The largest absolute Gasteiger partial charge is 0.494 e. The average molecular weight is 773 g/mol. The van der Waals surface area contributed by atoms with Crippen LogP contribution in [0.3, 0.4) is 0 Å². The lowest BCUT2D eigenvalue weighted by atomic mass is 9.65. The third-order valence-corrected chi connectivity index (χ3v) is 10.9. The first-order valence-corrected chi connectivity index (χ1v) is 21.0. The van der Waals surface area contributed by atoms with Crippen LogP contribution in [0.5, 0.6) is 11.5 Å². The van der Waals surface area contributed by atoms with E-state index in [1.165, 1.54) is 44.9 Å². The van der Waals surface area contributed by atoms with Crippen molar-refractivity contribution in [3.8, 4) is 23.3 Å². The predicted molar refractivity (Wildman–Crippen MR) is 218 cm³/mol. The maximum atomic E-state index is 13.1. The number of hydrogen-bond donors (Lipinski definition) is 0. The van der Waals surface area contributed by atoms with Crippen LogP contribution in [0.4, 0.5) is 0 Å². The summed E-state index contributed by atoms with van der Waals surface area (Å²) in [6.07, 6.45) is 19.8.